The van der Waals surface area contributed by atoms with Crippen molar-refractivity contribution in [3.05, 3.63) is 35.9 Å². The van der Waals surface area contributed by atoms with Crippen LogP contribution in [-0.4, -0.2) is 43.4 Å². The second kappa shape index (κ2) is 8.54. The number of nitrogens with zero attached hydrogens (tertiary/aromatic N) is 1. The first-order chi connectivity index (χ1) is 10.7. The van der Waals surface area contributed by atoms with Crippen LogP contribution < -0.4 is 10.6 Å². The number of benzene rings is 1. The maximum Gasteiger partial charge on any atom is 0.246 e. The Balaban J connectivity index is 1.84. The number of carbonyl (C=O) groups is 2. The molecule has 0 aliphatic carbocycles. The predicted octanol–water partition coefficient (Wildman–Crippen LogP) is 1.47. The molecule has 1 aromatic rings. The highest BCUT2D eigenvalue weighted by atomic mass is 16.2. The zero-order valence-electron chi connectivity index (χ0n) is 13.2. The highest BCUT2D eigenvalue weighted by Crippen LogP contribution is 2.13. The number of carbonyl (C=O) groups excluding carboxylic acids is 2. The van der Waals surface area contributed by atoms with Gasteiger partial charge in [-0.2, -0.15) is 0 Å². The van der Waals surface area contributed by atoms with Gasteiger partial charge in [-0.1, -0.05) is 30.3 Å². The van der Waals surface area contributed by atoms with Crippen molar-refractivity contribution in [2.45, 2.75) is 31.7 Å². The van der Waals surface area contributed by atoms with Gasteiger partial charge >= 0.3 is 0 Å². The quantitative estimate of drug-likeness (QED) is 0.802. The SMILES string of the molecule is CNC(=O)C(NC(=O)CCCN1CCCC1)c1ccccc1. The summed E-state index contributed by atoms with van der Waals surface area (Å²) in [6, 6.07) is 8.71. The van der Waals surface area contributed by atoms with E-state index in [0.717, 1.165) is 31.6 Å². The second-order valence-electron chi connectivity index (χ2n) is 5.68. The van der Waals surface area contributed by atoms with Gasteiger partial charge in [0, 0.05) is 13.5 Å². The van der Waals surface area contributed by atoms with Crippen LogP contribution in [0.1, 0.15) is 37.3 Å². The van der Waals surface area contributed by atoms with Crippen LogP contribution in [0.15, 0.2) is 30.3 Å². The van der Waals surface area contributed by atoms with E-state index >= 15 is 0 Å². The van der Waals surface area contributed by atoms with E-state index in [-0.39, 0.29) is 11.8 Å². The smallest absolute Gasteiger partial charge is 0.246 e. The first-order valence-corrected chi connectivity index (χ1v) is 7.99. The molecule has 2 rings (SSSR count). The molecule has 1 fully saturated rings. The van der Waals surface area contributed by atoms with Gasteiger partial charge in [-0.15, -0.1) is 0 Å². The molecule has 1 saturated heterocycles. The number of nitrogens with one attached hydrogen (secondary N) is 2. The van der Waals surface area contributed by atoms with Crippen molar-refractivity contribution in [2.75, 3.05) is 26.7 Å². The fourth-order valence-corrected chi connectivity index (χ4v) is 2.79. The van der Waals surface area contributed by atoms with Crippen LogP contribution in [0.4, 0.5) is 0 Å². The topological polar surface area (TPSA) is 61.4 Å². The number of rotatable bonds is 7. The number of hydrogen-bond acceptors (Lipinski definition) is 3. The van der Waals surface area contributed by atoms with Crippen LogP contribution in [0.2, 0.25) is 0 Å². The van der Waals surface area contributed by atoms with Crippen LogP contribution in [0.3, 0.4) is 0 Å². The van der Waals surface area contributed by atoms with Crippen molar-refractivity contribution in [3.8, 4) is 0 Å². The van der Waals surface area contributed by atoms with Gasteiger partial charge in [0.05, 0.1) is 0 Å². The van der Waals surface area contributed by atoms with Gasteiger partial charge in [-0.25, -0.2) is 0 Å². The van der Waals surface area contributed by atoms with E-state index in [4.69, 9.17) is 0 Å². The lowest BCUT2D eigenvalue weighted by atomic mass is 10.1. The molecule has 0 radical (unpaired) electrons. The Morgan fingerprint density at radius 3 is 2.50 bits per heavy atom. The Kier molecular flexibility index (Phi) is 6.40. The molecule has 2 N–H and O–H groups in total. The molecule has 0 spiro atoms. The summed E-state index contributed by atoms with van der Waals surface area (Å²) in [5, 5.41) is 5.45. The van der Waals surface area contributed by atoms with Crippen LogP contribution in [-0.2, 0) is 9.59 Å². The number of hydrogen-bond donors (Lipinski definition) is 2. The molecule has 0 saturated carbocycles. The molecule has 22 heavy (non-hydrogen) atoms. The van der Waals surface area contributed by atoms with Gasteiger partial charge in [-0.05, 0) is 44.5 Å². The molecule has 1 heterocycles. The molecule has 5 nitrogen and oxygen atoms in total. The minimum absolute atomic E-state index is 0.0725. The Labute approximate surface area is 132 Å². The van der Waals surface area contributed by atoms with Crippen LogP contribution in [0.5, 0.6) is 0 Å². The van der Waals surface area contributed by atoms with Crippen molar-refractivity contribution in [2.24, 2.45) is 0 Å². The van der Waals surface area contributed by atoms with E-state index < -0.39 is 6.04 Å². The van der Waals surface area contributed by atoms with E-state index in [1.54, 1.807) is 7.05 Å². The largest absolute Gasteiger partial charge is 0.357 e. The molecule has 1 atom stereocenters. The molecule has 1 unspecified atom stereocenters. The Morgan fingerprint density at radius 2 is 1.86 bits per heavy atom. The van der Waals surface area contributed by atoms with Gasteiger partial charge < -0.3 is 15.5 Å². The van der Waals surface area contributed by atoms with Crippen LogP contribution in [0, 0.1) is 0 Å². The number of likely N-dealkylation sites (N-methyl/N-ethyl adjacent to an activating group) is 1. The van der Waals surface area contributed by atoms with Gasteiger partial charge in [0.15, 0.2) is 0 Å². The van der Waals surface area contributed by atoms with Gasteiger partial charge in [0.25, 0.3) is 0 Å². The number of likely N-dealkylation sites (tertiary alicyclic amines) is 1. The maximum absolute atomic E-state index is 12.1. The van der Waals surface area contributed by atoms with E-state index in [1.807, 2.05) is 30.3 Å². The molecule has 0 aromatic heterocycles. The third-order valence-electron chi connectivity index (χ3n) is 4.02. The molecule has 1 aliphatic rings. The molecule has 0 bridgehead atoms. The summed E-state index contributed by atoms with van der Waals surface area (Å²) in [6.45, 7) is 3.25. The fourth-order valence-electron chi connectivity index (χ4n) is 2.79. The van der Waals surface area contributed by atoms with E-state index in [0.29, 0.717) is 6.42 Å². The molecular weight excluding hydrogens is 278 g/mol. The van der Waals surface area contributed by atoms with E-state index in [1.165, 1.54) is 12.8 Å². The third-order valence-corrected chi connectivity index (χ3v) is 4.02. The lowest BCUT2D eigenvalue weighted by molar-refractivity contribution is -0.129. The van der Waals surface area contributed by atoms with Crippen molar-refractivity contribution in [3.63, 3.8) is 0 Å². The highest BCUT2D eigenvalue weighted by Gasteiger charge is 2.21. The average Bonchev–Trinajstić information content (AvgIpc) is 3.06. The Morgan fingerprint density at radius 1 is 1.18 bits per heavy atom. The normalized spacial score (nSPS) is 16.2. The third kappa shape index (κ3) is 4.84. The number of amides is 2. The standard InChI is InChI=1S/C17H25N3O2/c1-18-17(22)16(14-8-3-2-4-9-14)19-15(21)10-7-13-20-11-5-6-12-20/h2-4,8-9,16H,5-7,10-13H2,1H3,(H,18,22)(H,19,21). The van der Waals surface area contributed by atoms with Crippen molar-refractivity contribution in [1.82, 2.24) is 15.5 Å². The molecule has 5 heteroatoms. The first-order valence-electron chi connectivity index (χ1n) is 7.99. The Hall–Kier alpha value is -1.88. The van der Waals surface area contributed by atoms with Crippen molar-refractivity contribution < 1.29 is 9.59 Å². The van der Waals surface area contributed by atoms with Gasteiger partial charge in [0.2, 0.25) is 11.8 Å². The molecule has 2 amide bonds. The summed E-state index contributed by atoms with van der Waals surface area (Å²) >= 11 is 0. The monoisotopic (exact) mass is 303 g/mol. The lowest BCUT2D eigenvalue weighted by Gasteiger charge is -2.18. The summed E-state index contributed by atoms with van der Waals surface area (Å²) in [6.07, 6.45) is 3.82. The summed E-state index contributed by atoms with van der Waals surface area (Å²) in [5.74, 6) is -0.268. The van der Waals surface area contributed by atoms with E-state index in [2.05, 4.69) is 15.5 Å². The minimum atomic E-state index is -0.620. The van der Waals surface area contributed by atoms with Crippen molar-refractivity contribution in [1.29, 1.82) is 0 Å². The molecule has 1 aromatic carbocycles. The Bertz CT molecular complexity index is 484. The highest BCUT2D eigenvalue weighted by molar-refractivity contribution is 5.88. The summed E-state index contributed by atoms with van der Waals surface area (Å²) in [7, 11) is 1.58. The zero-order valence-corrected chi connectivity index (χ0v) is 13.2. The van der Waals surface area contributed by atoms with Crippen LogP contribution in [0.25, 0.3) is 0 Å². The second-order valence-corrected chi connectivity index (χ2v) is 5.68. The predicted molar refractivity (Wildman–Crippen MR) is 86.3 cm³/mol. The lowest BCUT2D eigenvalue weighted by Crippen LogP contribution is -2.39. The fraction of sp³-hybridized carbons (Fsp3) is 0.529. The first kappa shape index (κ1) is 16.5. The minimum Gasteiger partial charge on any atom is -0.357 e. The summed E-state index contributed by atoms with van der Waals surface area (Å²) in [5.41, 5.74) is 0.801. The van der Waals surface area contributed by atoms with E-state index in [9.17, 15) is 9.59 Å². The zero-order chi connectivity index (χ0) is 15.8. The average molecular weight is 303 g/mol. The van der Waals surface area contributed by atoms with Crippen molar-refractivity contribution >= 4 is 11.8 Å². The molecule has 120 valence electrons. The maximum atomic E-state index is 12.1. The summed E-state index contributed by atoms with van der Waals surface area (Å²) < 4.78 is 0. The molecular formula is C17H25N3O2. The van der Waals surface area contributed by atoms with Gasteiger partial charge in [-0.3, -0.25) is 9.59 Å². The van der Waals surface area contributed by atoms with Crippen LogP contribution >= 0.6 is 0 Å². The van der Waals surface area contributed by atoms with Gasteiger partial charge in [0.1, 0.15) is 6.04 Å². The summed E-state index contributed by atoms with van der Waals surface area (Å²) in [4.78, 5) is 26.5. The molecule has 1 aliphatic heterocycles.